The summed E-state index contributed by atoms with van der Waals surface area (Å²) in [6, 6.07) is 12.8. The van der Waals surface area contributed by atoms with Crippen molar-refractivity contribution in [2.75, 3.05) is 29.9 Å². The van der Waals surface area contributed by atoms with Gasteiger partial charge in [-0.1, -0.05) is 32.9 Å². The van der Waals surface area contributed by atoms with Crippen molar-refractivity contribution in [3.63, 3.8) is 0 Å². The molecule has 0 atom stereocenters. The number of hydrogen-bond donors (Lipinski definition) is 2. The van der Waals surface area contributed by atoms with Gasteiger partial charge in [-0.2, -0.15) is 0 Å². The summed E-state index contributed by atoms with van der Waals surface area (Å²) < 4.78 is 6.45. The van der Waals surface area contributed by atoms with Gasteiger partial charge in [0.15, 0.2) is 0 Å². The van der Waals surface area contributed by atoms with Crippen LogP contribution in [-0.2, 0) is 10.2 Å². The molecule has 0 bridgehead atoms. The Balaban J connectivity index is 1.77. The fraction of sp³-hybridized carbons (Fsp3) is 0.480. The van der Waals surface area contributed by atoms with Gasteiger partial charge in [0, 0.05) is 37.3 Å². The number of carboxylic acids is 1. The van der Waals surface area contributed by atoms with Crippen molar-refractivity contribution in [3.8, 4) is 16.9 Å². The highest BCUT2D eigenvalue weighted by atomic mass is 16.5. The molecule has 1 fully saturated rings. The van der Waals surface area contributed by atoms with Gasteiger partial charge in [0.1, 0.15) is 11.4 Å². The van der Waals surface area contributed by atoms with Gasteiger partial charge in [0.05, 0.1) is 11.6 Å². The summed E-state index contributed by atoms with van der Waals surface area (Å²) in [5.74, 6) is -0.0822. The number of rotatable bonds is 3. The first-order valence-electron chi connectivity index (χ1n) is 10.7. The van der Waals surface area contributed by atoms with E-state index in [1.807, 2.05) is 0 Å². The predicted molar refractivity (Wildman–Crippen MR) is 122 cm³/mol. The number of nitrogens with one attached hydrogen (secondary N) is 1. The van der Waals surface area contributed by atoms with Gasteiger partial charge < -0.3 is 20.1 Å². The molecule has 2 heterocycles. The standard InChI is InChI=1S/C25H32N2O3/c1-24(2,3)18-12-20(22-21(13-18)30-25(4,5)9-10-26-22)16-7-6-8-19(11-16)27-14-17(15-27)23(28)29/h6-8,11-13,17,26H,9-10,14-15H2,1-5H3,(H,28,29). The second kappa shape index (κ2) is 7.22. The zero-order valence-electron chi connectivity index (χ0n) is 18.6. The van der Waals surface area contributed by atoms with Crippen LogP contribution in [0, 0.1) is 5.92 Å². The van der Waals surface area contributed by atoms with Crippen LogP contribution in [0.2, 0.25) is 0 Å². The lowest BCUT2D eigenvalue weighted by atomic mass is 9.84. The van der Waals surface area contributed by atoms with E-state index in [4.69, 9.17) is 4.74 Å². The number of benzene rings is 2. The number of anilines is 2. The molecule has 0 spiro atoms. The van der Waals surface area contributed by atoms with Crippen LogP contribution < -0.4 is 15.0 Å². The van der Waals surface area contributed by atoms with Crippen LogP contribution in [0.25, 0.3) is 11.1 Å². The molecule has 2 N–H and O–H groups in total. The van der Waals surface area contributed by atoms with E-state index >= 15 is 0 Å². The molecular formula is C25H32N2O3. The van der Waals surface area contributed by atoms with E-state index in [2.05, 4.69) is 81.2 Å². The SMILES string of the molecule is CC1(C)CCNc2c(cc(C(C)(C)C)cc2-c2cccc(N3CC(C(=O)O)C3)c2)O1. The van der Waals surface area contributed by atoms with Gasteiger partial charge in [0.2, 0.25) is 0 Å². The van der Waals surface area contributed by atoms with Crippen LogP contribution in [-0.4, -0.2) is 36.3 Å². The molecule has 5 heteroatoms. The van der Waals surface area contributed by atoms with Gasteiger partial charge in [-0.05, 0) is 54.7 Å². The summed E-state index contributed by atoms with van der Waals surface area (Å²) in [4.78, 5) is 13.3. The molecule has 2 aromatic rings. The second-order valence-corrected chi connectivity index (χ2v) is 10.2. The molecule has 0 radical (unpaired) electrons. The number of carbonyl (C=O) groups is 1. The Morgan fingerprint density at radius 3 is 2.60 bits per heavy atom. The molecule has 0 aliphatic carbocycles. The average molecular weight is 409 g/mol. The molecule has 30 heavy (non-hydrogen) atoms. The van der Waals surface area contributed by atoms with Gasteiger partial charge in [-0.3, -0.25) is 4.79 Å². The van der Waals surface area contributed by atoms with Crippen LogP contribution in [0.3, 0.4) is 0 Å². The quantitative estimate of drug-likeness (QED) is 0.736. The molecule has 4 rings (SSSR count). The zero-order valence-corrected chi connectivity index (χ0v) is 18.6. The van der Waals surface area contributed by atoms with Crippen molar-refractivity contribution in [2.45, 2.75) is 52.1 Å². The lowest BCUT2D eigenvalue weighted by Gasteiger charge is -2.38. The Hall–Kier alpha value is -2.69. The van der Waals surface area contributed by atoms with Crippen molar-refractivity contribution >= 4 is 17.3 Å². The minimum absolute atomic E-state index is 0.00657. The minimum atomic E-state index is -0.713. The Bertz CT molecular complexity index is 969. The Morgan fingerprint density at radius 1 is 1.20 bits per heavy atom. The number of nitrogens with zero attached hydrogens (tertiary/aromatic N) is 1. The summed E-state index contributed by atoms with van der Waals surface area (Å²) in [6.45, 7) is 12.9. The first-order chi connectivity index (χ1) is 14.0. The number of hydrogen-bond acceptors (Lipinski definition) is 4. The maximum absolute atomic E-state index is 11.2. The van der Waals surface area contributed by atoms with Crippen LogP contribution in [0.15, 0.2) is 36.4 Å². The molecule has 2 aliphatic heterocycles. The van der Waals surface area contributed by atoms with Crippen LogP contribution in [0.5, 0.6) is 5.75 Å². The maximum Gasteiger partial charge on any atom is 0.310 e. The number of aliphatic carboxylic acids is 1. The molecule has 0 aromatic heterocycles. The van der Waals surface area contributed by atoms with E-state index in [0.717, 1.165) is 41.2 Å². The molecule has 2 aliphatic rings. The summed E-state index contributed by atoms with van der Waals surface area (Å²) in [7, 11) is 0. The molecule has 160 valence electrons. The molecule has 0 unspecified atom stereocenters. The van der Waals surface area contributed by atoms with E-state index in [-0.39, 0.29) is 16.9 Å². The normalized spacial score (nSPS) is 18.5. The number of fused-ring (bicyclic) bond motifs is 1. The highest BCUT2D eigenvalue weighted by molar-refractivity contribution is 5.85. The molecular weight excluding hydrogens is 376 g/mol. The molecule has 5 nitrogen and oxygen atoms in total. The highest BCUT2D eigenvalue weighted by Crippen LogP contribution is 2.44. The van der Waals surface area contributed by atoms with Crippen molar-refractivity contribution in [2.24, 2.45) is 5.92 Å². The zero-order chi connectivity index (χ0) is 21.7. The van der Waals surface area contributed by atoms with E-state index in [0.29, 0.717) is 13.1 Å². The third kappa shape index (κ3) is 3.98. The Labute approximate surface area is 179 Å². The smallest absolute Gasteiger partial charge is 0.310 e. The Morgan fingerprint density at radius 2 is 1.93 bits per heavy atom. The van der Waals surface area contributed by atoms with E-state index in [1.165, 1.54) is 5.56 Å². The highest BCUT2D eigenvalue weighted by Gasteiger charge is 2.33. The Kier molecular flexibility index (Phi) is 4.95. The first kappa shape index (κ1) is 20.6. The van der Waals surface area contributed by atoms with Gasteiger partial charge >= 0.3 is 5.97 Å². The van der Waals surface area contributed by atoms with Crippen molar-refractivity contribution in [1.29, 1.82) is 0 Å². The third-order valence-electron chi connectivity index (χ3n) is 6.14. The molecule has 0 amide bonds. The van der Waals surface area contributed by atoms with Crippen molar-refractivity contribution in [1.82, 2.24) is 0 Å². The maximum atomic E-state index is 11.2. The van der Waals surface area contributed by atoms with E-state index in [9.17, 15) is 9.90 Å². The fourth-order valence-electron chi connectivity index (χ4n) is 4.09. The third-order valence-corrected chi connectivity index (χ3v) is 6.14. The molecule has 2 aromatic carbocycles. The van der Waals surface area contributed by atoms with Crippen molar-refractivity contribution in [3.05, 3.63) is 42.0 Å². The average Bonchev–Trinajstić information content (AvgIpc) is 2.75. The second-order valence-electron chi connectivity index (χ2n) is 10.2. The number of carboxylic acid groups (broad SMARTS) is 1. The number of ether oxygens (including phenoxy) is 1. The lowest BCUT2D eigenvalue weighted by molar-refractivity contribution is -0.142. The first-order valence-corrected chi connectivity index (χ1v) is 10.7. The van der Waals surface area contributed by atoms with Gasteiger partial charge in [-0.25, -0.2) is 0 Å². The van der Waals surface area contributed by atoms with Crippen LogP contribution in [0.4, 0.5) is 11.4 Å². The fourth-order valence-corrected chi connectivity index (χ4v) is 4.09. The topological polar surface area (TPSA) is 61.8 Å². The van der Waals surface area contributed by atoms with Crippen molar-refractivity contribution < 1.29 is 14.6 Å². The van der Waals surface area contributed by atoms with E-state index < -0.39 is 5.97 Å². The molecule has 0 saturated carbocycles. The predicted octanol–water partition coefficient (Wildman–Crippen LogP) is 5.14. The minimum Gasteiger partial charge on any atom is -0.486 e. The van der Waals surface area contributed by atoms with Crippen LogP contribution in [0.1, 0.15) is 46.6 Å². The van der Waals surface area contributed by atoms with E-state index in [1.54, 1.807) is 0 Å². The summed E-state index contributed by atoms with van der Waals surface area (Å²) >= 11 is 0. The molecule has 1 saturated heterocycles. The van der Waals surface area contributed by atoms with Gasteiger partial charge in [-0.15, -0.1) is 0 Å². The monoisotopic (exact) mass is 408 g/mol. The summed E-state index contributed by atoms with van der Waals surface area (Å²) in [6.07, 6.45) is 0.927. The summed E-state index contributed by atoms with van der Waals surface area (Å²) in [5, 5.41) is 12.8. The largest absolute Gasteiger partial charge is 0.486 e. The van der Waals surface area contributed by atoms with Crippen LogP contribution >= 0.6 is 0 Å². The van der Waals surface area contributed by atoms with Gasteiger partial charge in [0.25, 0.3) is 0 Å². The lowest BCUT2D eigenvalue weighted by Crippen LogP contribution is -2.50. The summed E-state index contributed by atoms with van der Waals surface area (Å²) in [5.41, 5.74) is 5.35.